The van der Waals surface area contributed by atoms with E-state index in [0.717, 1.165) is 19.3 Å². The topological polar surface area (TPSA) is 79.0 Å². The standard InChI is InChI=1S/C24H31ClFN3O4/c1-2-10-24(22(31)29(23(32)27-24)15-17-5-4-13-33-17)16-8-11-28(12-9-16)21(30)14-18-19(25)6-3-7-20(18)26/h3,6-7,16-17H,2,4-5,8-15H2,1H3,(H,27,32)/t17-,24-/m1/s1. The Balaban J connectivity index is 1.42. The van der Waals surface area contributed by atoms with Crippen molar-refractivity contribution in [2.24, 2.45) is 5.92 Å². The molecule has 180 valence electrons. The Morgan fingerprint density at radius 3 is 2.67 bits per heavy atom. The van der Waals surface area contributed by atoms with Crippen molar-refractivity contribution in [1.29, 1.82) is 0 Å². The average Bonchev–Trinajstić information content (AvgIpc) is 3.40. The fourth-order valence-electron chi connectivity index (χ4n) is 5.43. The number of ether oxygens (including phenoxy) is 1. The molecule has 4 amide bonds. The summed E-state index contributed by atoms with van der Waals surface area (Å²) in [6.07, 6.45) is 4.10. The summed E-state index contributed by atoms with van der Waals surface area (Å²) in [6, 6.07) is 4.03. The van der Waals surface area contributed by atoms with E-state index >= 15 is 0 Å². The molecule has 4 rings (SSSR count). The number of benzene rings is 1. The fourth-order valence-corrected chi connectivity index (χ4v) is 5.66. The molecule has 0 spiro atoms. The van der Waals surface area contributed by atoms with Gasteiger partial charge in [0.15, 0.2) is 0 Å². The first-order valence-corrected chi connectivity index (χ1v) is 12.2. The van der Waals surface area contributed by atoms with E-state index in [2.05, 4.69) is 5.32 Å². The highest BCUT2D eigenvalue weighted by molar-refractivity contribution is 6.31. The number of likely N-dealkylation sites (tertiary alicyclic amines) is 1. The van der Waals surface area contributed by atoms with Gasteiger partial charge in [0.05, 0.1) is 19.1 Å². The minimum Gasteiger partial charge on any atom is -0.376 e. The molecule has 1 aromatic carbocycles. The third-order valence-electron chi connectivity index (χ3n) is 7.19. The molecule has 7 nitrogen and oxygen atoms in total. The molecule has 3 saturated heterocycles. The van der Waals surface area contributed by atoms with Crippen LogP contribution in [0.25, 0.3) is 0 Å². The second-order valence-corrected chi connectivity index (χ2v) is 9.64. The first-order valence-electron chi connectivity index (χ1n) is 11.8. The molecule has 1 N–H and O–H groups in total. The molecule has 2 atom stereocenters. The van der Waals surface area contributed by atoms with E-state index in [-0.39, 0.29) is 53.4 Å². The number of rotatable bonds is 7. The van der Waals surface area contributed by atoms with E-state index < -0.39 is 11.4 Å². The van der Waals surface area contributed by atoms with Crippen LogP contribution in [-0.4, -0.2) is 65.5 Å². The summed E-state index contributed by atoms with van der Waals surface area (Å²) < 4.78 is 19.7. The van der Waals surface area contributed by atoms with Crippen LogP contribution in [0.4, 0.5) is 9.18 Å². The van der Waals surface area contributed by atoms with Gasteiger partial charge >= 0.3 is 6.03 Å². The zero-order valence-corrected chi connectivity index (χ0v) is 19.7. The van der Waals surface area contributed by atoms with Gasteiger partial charge in [0.2, 0.25) is 5.91 Å². The van der Waals surface area contributed by atoms with Crippen LogP contribution in [0.5, 0.6) is 0 Å². The SMILES string of the molecule is CCC[C@]1(C2CCN(C(=O)Cc3c(F)cccc3Cl)CC2)NC(=O)N(C[C@H]2CCCO2)C1=O. The van der Waals surface area contributed by atoms with Crippen molar-refractivity contribution < 1.29 is 23.5 Å². The molecule has 0 unspecified atom stereocenters. The lowest BCUT2D eigenvalue weighted by Crippen LogP contribution is -2.56. The predicted molar refractivity (Wildman–Crippen MR) is 121 cm³/mol. The molecule has 0 saturated carbocycles. The van der Waals surface area contributed by atoms with Gasteiger partial charge in [0.25, 0.3) is 5.91 Å². The van der Waals surface area contributed by atoms with Crippen molar-refractivity contribution in [1.82, 2.24) is 15.1 Å². The fraction of sp³-hybridized carbons (Fsp3) is 0.625. The first-order chi connectivity index (χ1) is 15.9. The number of nitrogens with one attached hydrogen (secondary N) is 1. The molecule has 1 aromatic rings. The molecule has 3 aliphatic heterocycles. The maximum atomic E-state index is 14.1. The Bertz CT molecular complexity index is 895. The number of hydrogen-bond donors (Lipinski definition) is 1. The first kappa shape index (κ1) is 24.0. The van der Waals surface area contributed by atoms with E-state index in [1.54, 1.807) is 11.0 Å². The number of urea groups is 1. The van der Waals surface area contributed by atoms with Gasteiger partial charge in [-0.3, -0.25) is 14.5 Å². The Labute approximate surface area is 198 Å². The van der Waals surface area contributed by atoms with Crippen LogP contribution in [0.2, 0.25) is 5.02 Å². The average molecular weight is 480 g/mol. The molecule has 33 heavy (non-hydrogen) atoms. The second kappa shape index (κ2) is 9.97. The molecule has 0 radical (unpaired) electrons. The summed E-state index contributed by atoms with van der Waals surface area (Å²) >= 11 is 6.08. The number of piperidine rings is 1. The normalized spacial score (nSPS) is 26.2. The lowest BCUT2D eigenvalue weighted by atomic mass is 9.74. The van der Waals surface area contributed by atoms with Crippen molar-refractivity contribution in [3.05, 3.63) is 34.6 Å². The number of imide groups is 1. The highest BCUT2D eigenvalue weighted by atomic mass is 35.5. The zero-order chi connectivity index (χ0) is 23.6. The van der Waals surface area contributed by atoms with Crippen LogP contribution in [0.3, 0.4) is 0 Å². The smallest absolute Gasteiger partial charge is 0.325 e. The van der Waals surface area contributed by atoms with Crippen LogP contribution in [0, 0.1) is 11.7 Å². The van der Waals surface area contributed by atoms with Crippen LogP contribution >= 0.6 is 11.6 Å². The summed E-state index contributed by atoms with van der Waals surface area (Å²) in [5.41, 5.74) is -0.731. The van der Waals surface area contributed by atoms with E-state index in [1.165, 1.54) is 17.0 Å². The maximum absolute atomic E-state index is 14.1. The number of amides is 4. The van der Waals surface area contributed by atoms with Crippen molar-refractivity contribution in [3.63, 3.8) is 0 Å². The van der Waals surface area contributed by atoms with Crippen LogP contribution in [-0.2, 0) is 20.7 Å². The van der Waals surface area contributed by atoms with Gasteiger partial charge in [0, 0.05) is 30.3 Å². The Hall–Kier alpha value is -2.19. The number of carbonyl (C=O) groups is 3. The summed E-state index contributed by atoms with van der Waals surface area (Å²) in [7, 11) is 0. The van der Waals surface area contributed by atoms with E-state index in [0.29, 0.717) is 39.0 Å². The third-order valence-corrected chi connectivity index (χ3v) is 7.54. The molecular weight excluding hydrogens is 449 g/mol. The molecule has 3 fully saturated rings. The Morgan fingerprint density at radius 2 is 2.03 bits per heavy atom. The van der Waals surface area contributed by atoms with Gasteiger partial charge in [-0.2, -0.15) is 0 Å². The predicted octanol–water partition coefficient (Wildman–Crippen LogP) is 3.53. The second-order valence-electron chi connectivity index (χ2n) is 9.23. The number of nitrogens with zero attached hydrogens (tertiary/aromatic N) is 2. The van der Waals surface area contributed by atoms with E-state index in [9.17, 15) is 18.8 Å². The summed E-state index contributed by atoms with van der Waals surface area (Å²) in [5.74, 6) is -0.915. The molecule has 3 aliphatic rings. The third kappa shape index (κ3) is 4.73. The minimum absolute atomic E-state index is 0.0653. The molecule has 0 aliphatic carbocycles. The Kier molecular flexibility index (Phi) is 7.24. The van der Waals surface area contributed by atoms with Gasteiger partial charge in [-0.25, -0.2) is 9.18 Å². The van der Waals surface area contributed by atoms with Gasteiger partial charge in [-0.05, 0) is 50.2 Å². The van der Waals surface area contributed by atoms with Crippen LogP contribution in [0.1, 0.15) is 51.0 Å². The van der Waals surface area contributed by atoms with E-state index in [4.69, 9.17) is 16.3 Å². The lowest BCUT2D eigenvalue weighted by molar-refractivity contribution is -0.136. The zero-order valence-electron chi connectivity index (χ0n) is 18.9. The number of halogens is 2. The van der Waals surface area contributed by atoms with Crippen molar-refractivity contribution in [2.75, 3.05) is 26.2 Å². The molecular formula is C24H31ClFN3O4. The van der Waals surface area contributed by atoms with Crippen molar-refractivity contribution in [2.45, 2.75) is 63.5 Å². The van der Waals surface area contributed by atoms with E-state index in [1.807, 2.05) is 6.92 Å². The minimum atomic E-state index is -0.936. The highest BCUT2D eigenvalue weighted by Gasteiger charge is 2.55. The lowest BCUT2D eigenvalue weighted by Gasteiger charge is -2.41. The van der Waals surface area contributed by atoms with Gasteiger partial charge in [-0.15, -0.1) is 0 Å². The highest BCUT2D eigenvalue weighted by Crippen LogP contribution is 2.37. The number of carbonyl (C=O) groups excluding carboxylic acids is 3. The summed E-state index contributed by atoms with van der Waals surface area (Å²) in [4.78, 5) is 42.1. The van der Waals surface area contributed by atoms with Gasteiger partial charge < -0.3 is 15.0 Å². The van der Waals surface area contributed by atoms with Gasteiger partial charge in [0.1, 0.15) is 11.4 Å². The number of hydrogen-bond acceptors (Lipinski definition) is 4. The largest absolute Gasteiger partial charge is 0.376 e. The van der Waals surface area contributed by atoms with Crippen LogP contribution in [0.15, 0.2) is 18.2 Å². The summed E-state index contributed by atoms with van der Waals surface area (Å²) in [5, 5.41) is 3.26. The molecule has 9 heteroatoms. The van der Waals surface area contributed by atoms with Crippen molar-refractivity contribution in [3.8, 4) is 0 Å². The van der Waals surface area contributed by atoms with Crippen LogP contribution < -0.4 is 5.32 Å². The Morgan fingerprint density at radius 1 is 1.27 bits per heavy atom. The molecule has 3 heterocycles. The van der Waals surface area contributed by atoms with Gasteiger partial charge in [-0.1, -0.05) is 31.0 Å². The van der Waals surface area contributed by atoms with Crippen molar-refractivity contribution >= 4 is 29.4 Å². The summed E-state index contributed by atoms with van der Waals surface area (Å²) in [6.45, 7) is 3.86. The maximum Gasteiger partial charge on any atom is 0.325 e. The molecule has 0 bridgehead atoms. The quantitative estimate of drug-likeness (QED) is 0.607. The monoisotopic (exact) mass is 479 g/mol. The molecule has 0 aromatic heterocycles.